The molecule has 2 aliphatic carbocycles. The zero-order valence-corrected chi connectivity index (χ0v) is 22.3. The second-order valence-electron chi connectivity index (χ2n) is 10.5. The number of carbonyl (C=O) groups excluding carboxylic acids is 2. The molecule has 39 heavy (non-hydrogen) atoms. The molecule has 0 aliphatic heterocycles. The van der Waals surface area contributed by atoms with Crippen LogP contribution in [0, 0.1) is 18.7 Å². The summed E-state index contributed by atoms with van der Waals surface area (Å²) in [6.45, 7) is 3.76. The molecule has 4 N–H and O–H groups in total. The van der Waals surface area contributed by atoms with E-state index in [1.165, 1.54) is 32.5 Å². The number of methoxy groups -OCH3 is 1. The summed E-state index contributed by atoms with van der Waals surface area (Å²) in [5.74, 6) is -0.154. The van der Waals surface area contributed by atoms with Crippen LogP contribution in [0.3, 0.4) is 0 Å². The van der Waals surface area contributed by atoms with Crippen LogP contribution in [0.25, 0.3) is 22.3 Å². The zero-order valence-electron chi connectivity index (χ0n) is 22.3. The van der Waals surface area contributed by atoms with Gasteiger partial charge >= 0.3 is 0 Å². The molecule has 0 spiro atoms. The van der Waals surface area contributed by atoms with Gasteiger partial charge in [0.2, 0.25) is 5.91 Å². The van der Waals surface area contributed by atoms with Gasteiger partial charge in [-0.1, -0.05) is 0 Å². The molecule has 2 heterocycles. The summed E-state index contributed by atoms with van der Waals surface area (Å²) in [6, 6.07) is 2.80. The van der Waals surface area contributed by atoms with E-state index < -0.39 is 11.9 Å². The van der Waals surface area contributed by atoms with Gasteiger partial charge < -0.3 is 30.2 Å². The van der Waals surface area contributed by atoms with Gasteiger partial charge in [0.05, 0.1) is 24.8 Å². The van der Waals surface area contributed by atoms with Crippen LogP contribution >= 0.6 is 0 Å². The van der Waals surface area contributed by atoms with Gasteiger partial charge in [0.15, 0.2) is 11.6 Å². The van der Waals surface area contributed by atoms with Crippen LogP contribution in [-0.2, 0) is 4.79 Å². The van der Waals surface area contributed by atoms with E-state index in [0.717, 1.165) is 12.8 Å². The van der Waals surface area contributed by atoms with E-state index in [9.17, 15) is 19.1 Å². The lowest BCUT2D eigenvalue weighted by Crippen LogP contribution is -2.46. The van der Waals surface area contributed by atoms with Crippen molar-refractivity contribution < 1.29 is 28.6 Å². The van der Waals surface area contributed by atoms with Crippen molar-refractivity contribution in [2.45, 2.75) is 70.6 Å². The van der Waals surface area contributed by atoms with Crippen LogP contribution in [0.5, 0.6) is 11.5 Å². The topological polar surface area (TPSA) is 138 Å². The molecule has 2 saturated carbocycles. The molecule has 0 bridgehead atoms. The lowest BCUT2D eigenvalue weighted by Gasteiger charge is -2.30. The summed E-state index contributed by atoms with van der Waals surface area (Å²) >= 11 is 0. The number of rotatable bonds is 9. The molecule has 5 rings (SSSR count). The molecule has 1 atom stereocenters. The molecule has 0 saturated heterocycles. The first-order valence-electron chi connectivity index (χ1n) is 13.4. The number of halogens is 1. The highest BCUT2D eigenvalue weighted by Crippen LogP contribution is 2.39. The maximum Gasteiger partial charge on any atom is 0.255 e. The summed E-state index contributed by atoms with van der Waals surface area (Å²) < 4.78 is 26.0. The first-order chi connectivity index (χ1) is 18.7. The summed E-state index contributed by atoms with van der Waals surface area (Å²) in [6.07, 6.45) is 5.34. The lowest BCUT2D eigenvalue weighted by molar-refractivity contribution is -0.129. The highest BCUT2D eigenvalue weighted by molar-refractivity contribution is 6.09. The Morgan fingerprint density at radius 1 is 1.10 bits per heavy atom. The fourth-order valence-electron chi connectivity index (χ4n) is 5.05. The SMILES string of the molecule is COc1cc(OCC2CC2)c(-c2ncnc3c(C(=O)N[C@H]4CC[C@H](NC(=O)[C@H](C)O)CC4)c(C)[nH]c23)cc1F. The number of nitrogens with zero attached hydrogens (tertiary/aromatic N) is 2. The Morgan fingerprint density at radius 3 is 2.44 bits per heavy atom. The standard InChI is InChI=1S/C28H34FN5O5/c1-14-23(28(37)34-18-8-6-17(7-9-18)33-27(36)15(2)35)25-26(32-14)24(30-13-31-25)19-10-20(29)22(38-3)11-21(19)39-12-16-4-5-16/h10-11,13,15-18,32,35H,4-9,12H2,1-3H3,(H,33,36)(H,34,37)/t15-,17-,18-/m0/s1. The lowest BCUT2D eigenvalue weighted by atomic mass is 9.90. The number of fused-ring (bicyclic) bond motifs is 1. The van der Waals surface area contributed by atoms with Gasteiger partial charge in [0, 0.05) is 29.4 Å². The summed E-state index contributed by atoms with van der Waals surface area (Å²) in [4.78, 5) is 37.3. The van der Waals surface area contributed by atoms with Gasteiger partial charge in [-0.25, -0.2) is 14.4 Å². The molecular weight excluding hydrogens is 505 g/mol. The van der Waals surface area contributed by atoms with Gasteiger partial charge in [0.1, 0.15) is 29.4 Å². The van der Waals surface area contributed by atoms with E-state index >= 15 is 0 Å². The average molecular weight is 540 g/mol. The first kappa shape index (κ1) is 26.9. The largest absolute Gasteiger partial charge is 0.494 e. The third-order valence-electron chi connectivity index (χ3n) is 7.47. The van der Waals surface area contributed by atoms with Crippen molar-refractivity contribution in [3.8, 4) is 22.8 Å². The number of benzene rings is 1. The molecule has 11 heteroatoms. The second kappa shape index (κ2) is 11.2. The number of hydrogen-bond donors (Lipinski definition) is 4. The highest BCUT2D eigenvalue weighted by atomic mass is 19.1. The van der Waals surface area contributed by atoms with Crippen molar-refractivity contribution in [2.75, 3.05) is 13.7 Å². The number of carbonyl (C=O) groups is 2. The Kier molecular flexibility index (Phi) is 7.69. The van der Waals surface area contributed by atoms with Crippen LogP contribution in [0.2, 0.25) is 0 Å². The number of nitrogens with one attached hydrogen (secondary N) is 3. The number of aryl methyl sites for hydroxylation is 1. The minimum Gasteiger partial charge on any atom is -0.494 e. The Hall–Kier alpha value is -3.73. The van der Waals surface area contributed by atoms with E-state index in [4.69, 9.17) is 9.47 Å². The predicted octanol–water partition coefficient (Wildman–Crippen LogP) is 3.41. The fraction of sp³-hybridized carbons (Fsp3) is 0.500. The number of hydrogen-bond acceptors (Lipinski definition) is 7. The molecule has 0 unspecified atom stereocenters. The quantitative estimate of drug-likeness (QED) is 0.327. The van der Waals surface area contributed by atoms with Crippen molar-refractivity contribution in [3.05, 3.63) is 35.5 Å². The minimum atomic E-state index is -1.05. The van der Waals surface area contributed by atoms with Crippen molar-refractivity contribution >= 4 is 22.8 Å². The van der Waals surface area contributed by atoms with Crippen molar-refractivity contribution in [1.29, 1.82) is 0 Å². The zero-order chi connectivity index (χ0) is 27.7. The van der Waals surface area contributed by atoms with E-state index in [1.807, 2.05) is 0 Å². The monoisotopic (exact) mass is 539 g/mol. The molecule has 208 valence electrons. The highest BCUT2D eigenvalue weighted by Gasteiger charge is 2.28. The normalized spacial score (nSPS) is 19.9. The molecule has 2 aliphatic rings. The molecule has 10 nitrogen and oxygen atoms in total. The van der Waals surface area contributed by atoms with Gasteiger partial charge in [-0.15, -0.1) is 0 Å². The maximum absolute atomic E-state index is 14.8. The Balaban J connectivity index is 1.38. The smallest absolute Gasteiger partial charge is 0.255 e. The molecule has 3 aromatic rings. The Labute approximate surface area is 225 Å². The summed E-state index contributed by atoms with van der Waals surface area (Å²) in [5.41, 5.74) is 2.88. The number of aromatic amines is 1. The Bertz CT molecular complexity index is 1380. The maximum atomic E-state index is 14.8. The van der Waals surface area contributed by atoms with Crippen LogP contribution in [0.1, 0.15) is 61.5 Å². The third kappa shape index (κ3) is 5.83. The third-order valence-corrected chi connectivity index (χ3v) is 7.47. The molecule has 0 radical (unpaired) electrons. The van der Waals surface area contributed by atoms with E-state index in [2.05, 4.69) is 25.6 Å². The second-order valence-corrected chi connectivity index (χ2v) is 10.5. The van der Waals surface area contributed by atoms with E-state index in [1.54, 1.807) is 6.92 Å². The van der Waals surface area contributed by atoms with Crippen LogP contribution in [0.15, 0.2) is 18.5 Å². The molecule has 2 fully saturated rings. The van der Waals surface area contributed by atoms with Gasteiger partial charge in [0.25, 0.3) is 5.91 Å². The van der Waals surface area contributed by atoms with Gasteiger partial charge in [-0.05, 0) is 64.4 Å². The van der Waals surface area contributed by atoms with Crippen molar-refractivity contribution in [2.24, 2.45) is 5.92 Å². The fourth-order valence-corrected chi connectivity index (χ4v) is 5.05. The number of aliphatic hydroxyl groups excluding tert-OH is 1. The number of aromatic nitrogens is 3. The molecular formula is C28H34FN5O5. The predicted molar refractivity (Wildman–Crippen MR) is 142 cm³/mol. The molecule has 2 amide bonds. The van der Waals surface area contributed by atoms with E-state index in [0.29, 0.717) is 77.5 Å². The molecule has 2 aromatic heterocycles. The molecule has 1 aromatic carbocycles. The average Bonchev–Trinajstić information content (AvgIpc) is 3.68. The van der Waals surface area contributed by atoms with E-state index in [-0.39, 0.29) is 29.6 Å². The summed E-state index contributed by atoms with van der Waals surface area (Å²) in [7, 11) is 1.41. The van der Waals surface area contributed by atoms with Crippen LogP contribution in [0.4, 0.5) is 4.39 Å². The summed E-state index contributed by atoms with van der Waals surface area (Å²) in [5, 5.41) is 15.4. The number of ether oxygens (including phenoxy) is 2. The Morgan fingerprint density at radius 2 is 1.79 bits per heavy atom. The number of aliphatic hydroxyl groups is 1. The number of H-pyrrole nitrogens is 1. The first-order valence-corrected chi connectivity index (χ1v) is 13.4. The van der Waals surface area contributed by atoms with Crippen LogP contribution in [-0.4, -0.2) is 63.8 Å². The number of amides is 2. The van der Waals surface area contributed by atoms with Crippen molar-refractivity contribution in [1.82, 2.24) is 25.6 Å². The van der Waals surface area contributed by atoms with Gasteiger partial charge in [-0.3, -0.25) is 9.59 Å². The van der Waals surface area contributed by atoms with Crippen LogP contribution < -0.4 is 20.1 Å². The van der Waals surface area contributed by atoms with Gasteiger partial charge in [-0.2, -0.15) is 0 Å². The minimum absolute atomic E-state index is 0.0217. The van der Waals surface area contributed by atoms with Crippen molar-refractivity contribution in [3.63, 3.8) is 0 Å².